The average molecular weight is 271 g/mol. The van der Waals surface area contributed by atoms with Gasteiger partial charge in [-0.1, -0.05) is 51.0 Å². The zero-order valence-corrected chi connectivity index (χ0v) is 12.6. The first-order chi connectivity index (χ1) is 9.65. The van der Waals surface area contributed by atoms with Crippen LogP contribution < -0.4 is 5.32 Å². The molecule has 1 aromatic carbocycles. The Morgan fingerprint density at radius 1 is 1.15 bits per heavy atom. The van der Waals surface area contributed by atoms with Crippen molar-refractivity contribution < 1.29 is 4.79 Å². The minimum atomic E-state index is 0.0491. The number of fused-ring (bicyclic) bond motifs is 1. The number of hydrogen-bond donors (Lipinski definition) is 1. The molecule has 0 radical (unpaired) electrons. The van der Waals surface area contributed by atoms with Gasteiger partial charge in [-0.3, -0.25) is 4.79 Å². The quantitative estimate of drug-likeness (QED) is 0.844. The number of benzene rings is 1. The fourth-order valence-corrected chi connectivity index (χ4v) is 3.75. The van der Waals surface area contributed by atoms with Crippen molar-refractivity contribution in [1.29, 1.82) is 0 Å². The summed E-state index contributed by atoms with van der Waals surface area (Å²) >= 11 is 0. The summed E-state index contributed by atoms with van der Waals surface area (Å²) in [6, 6.07) is 8.84. The number of nitrogens with one attached hydrogen (secondary N) is 1. The van der Waals surface area contributed by atoms with E-state index in [1.807, 2.05) is 12.1 Å². The van der Waals surface area contributed by atoms with Gasteiger partial charge in [0.2, 0.25) is 0 Å². The summed E-state index contributed by atoms with van der Waals surface area (Å²) in [6.45, 7) is 4.36. The van der Waals surface area contributed by atoms with Crippen molar-refractivity contribution in [2.45, 2.75) is 64.0 Å². The Morgan fingerprint density at radius 3 is 2.50 bits per heavy atom. The van der Waals surface area contributed by atoms with Gasteiger partial charge in [0.15, 0.2) is 5.78 Å². The van der Waals surface area contributed by atoms with E-state index in [2.05, 4.69) is 31.3 Å². The van der Waals surface area contributed by atoms with Gasteiger partial charge in [0, 0.05) is 11.6 Å². The largest absolute Gasteiger partial charge is 0.304 e. The molecule has 0 spiro atoms. The molecule has 2 heteroatoms. The van der Waals surface area contributed by atoms with Crippen molar-refractivity contribution >= 4 is 5.78 Å². The minimum absolute atomic E-state index is 0.0491. The van der Waals surface area contributed by atoms with E-state index >= 15 is 0 Å². The minimum Gasteiger partial charge on any atom is -0.304 e. The van der Waals surface area contributed by atoms with Gasteiger partial charge in [0.25, 0.3) is 0 Å². The highest BCUT2D eigenvalue weighted by molar-refractivity contribution is 6.00. The maximum absolute atomic E-state index is 12.6. The van der Waals surface area contributed by atoms with Gasteiger partial charge >= 0.3 is 0 Å². The van der Waals surface area contributed by atoms with Crippen LogP contribution >= 0.6 is 0 Å². The van der Waals surface area contributed by atoms with E-state index in [1.165, 1.54) is 31.2 Å². The van der Waals surface area contributed by atoms with Gasteiger partial charge in [0.05, 0.1) is 6.04 Å². The summed E-state index contributed by atoms with van der Waals surface area (Å²) in [7, 11) is 0. The van der Waals surface area contributed by atoms with E-state index in [1.54, 1.807) is 0 Å². The molecule has 20 heavy (non-hydrogen) atoms. The topological polar surface area (TPSA) is 29.1 Å². The molecular weight excluding hydrogens is 246 g/mol. The lowest BCUT2D eigenvalue weighted by molar-refractivity contribution is 0.0949. The number of carbonyl (C=O) groups is 1. The lowest BCUT2D eigenvalue weighted by atomic mass is 9.84. The van der Waals surface area contributed by atoms with Crippen LogP contribution in [0.25, 0.3) is 0 Å². The van der Waals surface area contributed by atoms with E-state index in [0.29, 0.717) is 12.0 Å². The van der Waals surface area contributed by atoms with Crippen molar-refractivity contribution in [1.82, 2.24) is 5.32 Å². The molecular formula is C18H25NO. The van der Waals surface area contributed by atoms with Crippen LogP contribution in [0, 0.1) is 5.92 Å². The van der Waals surface area contributed by atoms with Crippen LogP contribution in [0.4, 0.5) is 0 Å². The van der Waals surface area contributed by atoms with Crippen LogP contribution in [0.3, 0.4) is 0 Å². The molecule has 1 N–H and O–H groups in total. The lowest BCUT2D eigenvalue weighted by Gasteiger charge is -2.24. The molecule has 2 aliphatic rings. The second-order valence-corrected chi connectivity index (χ2v) is 6.75. The van der Waals surface area contributed by atoms with Gasteiger partial charge in [0.1, 0.15) is 0 Å². The van der Waals surface area contributed by atoms with Crippen molar-refractivity contribution in [3.05, 3.63) is 35.4 Å². The predicted molar refractivity (Wildman–Crippen MR) is 82.1 cm³/mol. The van der Waals surface area contributed by atoms with Crippen LogP contribution in [0.2, 0.25) is 0 Å². The van der Waals surface area contributed by atoms with Crippen LogP contribution in [-0.2, 0) is 0 Å². The number of rotatable bonds is 3. The monoisotopic (exact) mass is 271 g/mol. The number of hydrogen-bond acceptors (Lipinski definition) is 2. The Bertz CT molecular complexity index is 463. The van der Waals surface area contributed by atoms with Crippen LogP contribution in [-0.4, -0.2) is 17.9 Å². The third-order valence-corrected chi connectivity index (χ3v) is 5.04. The van der Waals surface area contributed by atoms with Gasteiger partial charge < -0.3 is 5.32 Å². The number of ketones is 1. The molecule has 1 saturated carbocycles. The number of carbonyl (C=O) groups excluding carboxylic acids is 1. The Kier molecular flexibility index (Phi) is 3.93. The molecule has 0 aromatic heterocycles. The first-order valence-corrected chi connectivity index (χ1v) is 8.05. The molecule has 108 valence electrons. The standard InChI is InChI=1S/C18H25NO/c1-12(2)13-7-9-14(10-8-13)18(20)17-11-15-5-3-4-6-16(15)19-17/h7-10,12,15-17,19H,3-6,11H2,1-2H3. The fourth-order valence-electron chi connectivity index (χ4n) is 3.75. The van der Waals surface area contributed by atoms with Crippen LogP contribution in [0.1, 0.15) is 67.8 Å². The molecule has 1 aliphatic heterocycles. The van der Waals surface area contributed by atoms with Crippen LogP contribution in [0.15, 0.2) is 24.3 Å². The van der Waals surface area contributed by atoms with E-state index in [-0.39, 0.29) is 11.8 Å². The summed E-state index contributed by atoms with van der Waals surface area (Å²) < 4.78 is 0. The lowest BCUT2D eigenvalue weighted by Crippen LogP contribution is -2.37. The van der Waals surface area contributed by atoms with E-state index < -0.39 is 0 Å². The van der Waals surface area contributed by atoms with Gasteiger partial charge in [-0.05, 0) is 36.7 Å². The highest BCUT2D eigenvalue weighted by atomic mass is 16.1. The molecule has 1 saturated heterocycles. The molecule has 3 atom stereocenters. The Labute approximate surface area is 122 Å². The molecule has 3 rings (SSSR count). The Balaban J connectivity index is 1.69. The maximum Gasteiger partial charge on any atom is 0.179 e. The molecule has 0 bridgehead atoms. The normalized spacial score (nSPS) is 29.4. The smallest absolute Gasteiger partial charge is 0.179 e. The molecule has 0 amide bonds. The summed E-state index contributed by atoms with van der Waals surface area (Å²) in [5.41, 5.74) is 2.17. The summed E-state index contributed by atoms with van der Waals surface area (Å²) in [5.74, 6) is 1.54. The molecule has 1 aliphatic carbocycles. The third kappa shape index (κ3) is 2.67. The molecule has 1 aromatic rings. The van der Waals surface area contributed by atoms with Crippen molar-refractivity contribution in [2.75, 3.05) is 0 Å². The predicted octanol–water partition coefficient (Wildman–Crippen LogP) is 3.91. The Morgan fingerprint density at radius 2 is 1.85 bits per heavy atom. The van der Waals surface area contributed by atoms with E-state index in [0.717, 1.165) is 17.9 Å². The highest BCUT2D eigenvalue weighted by Crippen LogP contribution is 2.34. The molecule has 1 heterocycles. The van der Waals surface area contributed by atoms with E-state index in [9.17, 15) is 4.79 Å². The first-order valence-electron chi connectivity index (χ1n) is 8.05. The third-order valence-electron chi connectivity index (χ3n) is 5.04. The molecule has 2 fully saturated rings. The molecule has 2 nitrogen and oxygen atoms in total. The van der Waals surface area contributed by atoms with Crippen molar-refractivity contribution in [2.24, 2.45) is 5.92 Å². The Hall–Kier alpha value is -1.15. The van der Waals surface area contributed by atoms with Gasteiger partial charge in [-0.2, -0.15) is 0 Å². The number of Topliss-reactive ketones (excluding diaryl/α,β-unsaturated/α-hetero) is 1. The van der Waals surface area contributed by atoms with Crippen molar-refractivity contribution in [3.8, 4) is 0 Å². The molecule has 3 unspecified atom stereocenters. The van der Waals surface area contributed by atoms with E-state index in [4.69, 9.17) is 0 Å². The second-order valence-electron chi connectivity index (χ2n) is 6.75. The summed E-state index contributed by atoms with van der Waals surface area (Å²) in [4.78, 5) is 12.6. The zero-order chi connectivity index (χ0) is 14.1. The average Bonchev–Trinajstić information content (AvgIpc) is 2.90. The second kappa shape index (κ2) is 5.69. The maximum atomic E-state index is 12.6. The summed E-state index contributed by atoms with van der Waals surface area (Å²) in [6.07, 6.45) is 6.24. The van der Waals surface area contributed by atoms with Crippen LogP contribution in [0.5, 0.6) is 0 Å². The highest BCUT2D eigenvalue weighted by Gasteiger charge is 2.38. The first kappa shape index (κ1) is 13.8. The van der Waals surface area contributed by atoms with Gasteiger partial charge in [-0.15, -0.1) is 0 Å². The fraction of sp³-hybridized carbons (Fsp3) is 0.611. The summed E-state index contributed by atoms with van der Waals surface area (Å²) in [5, 5.41) is 3.58. The SMILES string of the molecule is CC(C)c1ccc(C(=O)C2CC3CCCCC3N2)cc1. The van der Waals surface area contributed by atoms with Gasteiger partial charge in [-0.25, -0.2) is 0 Å². The zero-order valence-electron chi connectivity index (χ0n) is 12.6. The van der Waals surface area contributed by atoms with Crippen molar-refractivity contribution in [3.63, 3.8) is 0 Å².